The maximum absolute atomic E-state index is 5.46. The quantitative estimate of drug-likeness (QED) is 0.430. The number of hydrogen-bond donors (Lipinski definition) is 0. The second-order valence-corrected chi connectivity index (χ2v) is 6.32. The van der Waals surface area contributed by atoms with Crippen molar-refractivity contribution in [3.63, 3.8) is 0 Å². The number of ether oxygens (including phenoxy) is 1. The van der Waals surface area contributed by atoms with Gasteiger partial charge in [-0.3, -0.25) is 0 Å². The molecule has 116 valence electrons. The lowest BCUT2D eigenvalue weighted by Gasteiger charge is -2.29. The molecule has 1 saturated carbocycles. The van der Waals surface area contributed by atoms with E-state index < -0.39 is 0 Å². The Balaban J connectivity index is 1.77. The summed E-state index contributed by atoms with van der Waals surface area (Å²) in [5.41, 5.74) is 2.82. The lowest BCUT2D eigenvalue weighted by Crippen LogP contribution is -2.13. The fourth-order valence-corrected chi connectivity index (χ4v) is 3.44. The molecule has 1 aromatic carbocycles. The van der Waals surface area contributed by atoms with Gasteiger partial charge in [-0.15, -0.1) is 6.58 Å². The molecule has 0 aromatic heterocycles. The molecule has 1 aromatic rings. The molecule has 0 radical (unpaired) electrons. The molecule has 1 aliphatic rings. The molecule has 0 atom stereocenters. The topological polar surface area (TPSA) is 9.23 Å². The fourth-order valence-electron chi connectivity index (χ4n) is 3.44. The zero-order valence-electron chi connectivity index (χ0n) is 13.5. The van der Waals surface area contributed by atoms with Gasteiger partial charge in [0.15, 0.2) is 0 Å². The number of unbranched alkanes of at least 4 members (excludes halogenated alkanes) is 1. The summed E-state index contributed by atoms with van der Waals surface area (Å²) in [6, 6.07) is 9.11. The summed E-state index contributed by atoms with van der Waals surface area (Å²) in [7, 11) is 0. The molecule has 1 nitrogen and oxygen atoms in total. The van der Waals surface area contributed by atoms with E-state index in [-0.39, 0.29) is 0 Å². The molecule has 0 bridgehead atoms. The summed E-state index contributed by atoms with van der Waals surface area (Å²) in [5.74, 6) is 1.74. The van der Waals surface area contributed by atoms with Gasteiger partial charge in [0.25, 0.3) is 0 Å². The Bertz CT molecular complexity index is 398. The SMILES string of the molecule is C=CCCCC1CCC(c2ccc(COCC)cc2)CC1. The number of allylic oxidation sites excluding steroid dienone is 1. The molecule has 0 saturated heterocycles. The molecule has 2 rings (SSSR count). The summed E-state index contributed by atoms with van der Waals surface area (Å²) < 4.78 is 5.46. The van der Waals surface area contributed by atoms with Crippen LogP contribution in [0.1, 0.15) is 68.9 Å². The highest BCUT2D eigenvalue weighted by molar-refractivity contribution is 5.25. The van der Waals surface area contributed by atoms with Gasteiger partial charge in [-0.25, -0.2) is 0 Å². The summed E-state index contributed by atoms with van der Waals surface area (Å²) in [6.45, 7) is 7.39. The Morgan fingerprint density at radius 1 is 1.14 bits per heavy atom. The van der Waals surface area contributed by atoms with E-state index in [1.807, 2.05) is 6.92 Å². The molecular formula is C20H30O. The van der Waals surface area contributed by atoms with Crippen molar-refractivity contribution in [2.24, 2.45) is 5.92 Å². The van der Waals surface area contributed by atoms with E-state index in [1.165, 1.54) is 56.1 Å². The van der Waals surface area contributed by atoms with Crippen molar-refractivity contribution in [2.75, 3.05) is 6.61 Å². The Labute approximate surface area is 130 Å². The van der Waals surface area contributed by atoms with Gasteiger partial charge in [-0.1, -0.05) is 36.8 Å². The summed E-state index contributed by atoms with van der Waals surface area (Å²) >= 11 is 0. The van der Waals surface area contributed by atoms with Crippen molar-refractivity contribution in [1.82, 2.24) is 0 Å². The van der Waals surface area contributed by atoms with Crippen molar-refractivity contribution in [2.45, 2.75) is 64.4 Å². The van der Waals surface area contributed by atoms with Crippen molar-refractivity contribution < 1.29 is 4.74 Å². The maximum Gasteiger partial charge on any atom is 0.0716 e. The van der Waals surface area contributed by atoms with E-state index in [0.717, 1.165) is 25.0 Å². The molecule has 0 amide bonds. The highest BCUT2D eigenvalue weighted by atomic mass is 16.5. The molecule has 1 heteroatoms. The van der Waals surface area contributed by atoms with Gasteiger partial charge in [0.1, 0.15) is 0 Å². The van der Waals surface area contributed by atoms with Crippen LogP contribution in [-0.4, -0.2) is 6.61 Å². The van der Waals surface area contributed by atoms with Gasteiger partial charge in [0.2, 0.25) is 0 Å². The van der Waals surface area contributed by atoms with Crippen LogP contribution in [0.4, 0.5) is 0 Å². The molecule has 0 spiro atoms. The first-order valence-electron chi connectivity index (χ1n) is 8.61. The van der Waals surface area contributed by atoms with Crippen molar-refractivity contribution >= 4 is 0 Å². The van der Waals surface area contributed by atoms with Crippen molar-refractivity contribution in [3.8, 4) is 0 Å². The van der Waals surface area contributed by atoms with Crippen LogP contribution in [0.5, 0.6) is 0 Å². The van der Waals surface area contributed by atoms with Crippen LogP contribution in [0.15, 0.2) is 36.9 Å². The summed E-state index contributed by atoms with van der Waals surface area (Å²) in [5, 5.41) is 0. The molecular weight excluding hydrogens is 256 g/mol. The Kier molecular flexibility index (Phi) is 7.02. The smallest absolute Gasteiger partial charge is 0.0716 e. The molecule has 0 N–H and O–H groups in total. The standard InChI is InChI=1S/C20H30O/c1-3-5-6-7-17-8-12-19(13-9-17)20-14-10-18(11-15-20)16-21-4-2/h3,10-11,14-15,17,19H,1,4-9,12-13,16H2,2H3. The Morgan fingerprint density at radius 2 is 1.86 bits per heavy atom. The average molecular weight is 286 g/mol. The van der Waals surface area contributed by atoms with Gasteiger partial charge in [0.05, 0.1) is 6.61 Å². The van der Waals surface area contributed by atoms with Crippen molar-refractivity contribution in [3.05, 3.63) is 48.0 Å². The van der Waals surface area contributed by atoms with E-state index in [1.54, 1.807) is 0 Å². The average Bonchev–Trinajstić information content (AvgIpc) is 2.54. The largest absolute Gasteiger partial charge is 0.377 e. The van der Waals surface area contributed by atoms with Crippen LogP contribution >= 0.6 is 0 Å². The Hall–Kier alpha value is -1.08. The van der Waals surface area contributed by atoms with E-state index in [2.05, 4.69) is 36.9 Å². The fraction of sp³-hybridized carbons (Fsp3) is 0.600. The monoisotopic (exact) mass is 286 g/mol. The minimum absolute atomic E-state index is 0.743. The van der Waals surface area contributed by atoms with Gasteiger partial charge < -0.3 is 4.74 Å². The van der Waals surface area contributed by atoms with Crippen LogP contribution < -0.4 is 0 Å². The highest BCUT2D eigenvalue weighted by Gasteiger charge is 2.21. The number of benzene rings is 1. The van der Waals surface area contributed by atoms with Crippen LogP contribution in [0, 0.1) is 5.92 Å². The summed E-state index contributed by atoms with van der Waals surface area (Å²) in [4.78, 5) is 0. The third-order valence-corrected chi connectivity index (χ3v) is 4.79. The van der Waals surface area contributed by atoms with Crippen molar-refractivity contribution in [1.29, 1.82) is 0 Å². The Morgan fingerprint density at radius 3 is 2.48 bits per heavy atom. The maximum atomic E-state index is 5.46. The number of hydrogen-bond acceptors (Lipinski definition) is 1. The van der Waals surface area contributed by atoms with Crippen LogP contribution in [-0.2, 0) is 11.3 Å². The van der Waals surface area contributed by atoms with E-state index >= 15 is 0 Å². The van der Waals surface area contributed by atoms with Crippen LogP contribution in [0.3, 0.4) is 0 Å². The van der Waals surface area contributed by atoms with Crippen LogP contribution in [0.25, 0.3) is 0 Å². The van der Waals surface area contributed by atoms with Gasteiger partial charge >= 0.3 is 0 Å². The second-order valence-electron chi connectivity index (χ2n) is 6.32. The molecule has 0 heterocycles. The van der Waals surface area contributed by atoms with Crippen LogP contribution in [0.2, 0.25) is 0 Å². The summed E-state index contributed by atoms with van der Waals surface area (Å²) in [6.07, 6.45) is 11.5. The third-order valence-electron chi connectivity index (χ3n) is 4.79. The first kappa shape index (κ1) is 16.3. The van der Waals surface area contributed by atoms with E-state index in [9.17, 15) is 0 Å². The minimum Gasteiger partial charge on any atom is -0.377 e. The first-order valence-corrected chi connectivity index (χ1v) is 8.61. The number of rotatable bonds is 8. The molecule has 0 aliphatic heterocycles. The minimum atomic E-state index is 0.743. The van der Waals surface area contributed by atoms with Gasteiger partial charge in [0, 0.05) is 6.61 Å². The lowest BCUT2D eigenvalue weighted by molar-refractivity contribution is 0.134. The zero-order chi connectivity index (χ0) is 14.9. The van der Waals surface area contributed by atoms with E-state index in [0.29, 0.717) is 0 Å². The van der Waals surface area contributed by atoms with Gasteiger partial charge in [-0.2, -0.15) is 0 Å². The highest BCUT2D eigenvalue weighted by Crippen LogP contribution is 2.37. The molecule has 1 fully saturated rings. The zero-order valence-corrected chi connectivity index (χ0v) is 13.5. The predicted octanol–water partition coefficient (Wildman–Crippen LogP) is 5.85. The third kappa shape index (κ3) is 5.32. The van der Waals surface area contributed by atoms with Gasteiger partial charge in [-0.05, 0) is 68.4 Å². The van der Waals surface area contributed by atoms with E-state index in [4.69, 9.17) is 4.74 Å². The second kappa shape index (κ2) is 9.04. The molecule has 21 heavy (non-hydrogen) atoms. The lowest BCUT2D eigenvalue weighted by atomic mass is 9.77. The molecule has 1 aliphatic carbocycles. The first-order chi connectivity index (χ1) is 10.3. The molecule has 0 unspecified atom stereocenters. The normalized spacial score (nSPS) is 22.1. The predicted molar refractivity (Wildman–Crippen MR) is 90.5 cm³/mol.